The van der Waals surface area contributed by atoms with Gasteiger partial charge in [-0.3, -0.25) is 19.5 Å². The van der Waals surface area contributed by atoms with Gasteiger partial charge in [-0.05, 0) is 59.4 Å². The number of carbonyl (C=O) groups is 1. The second-order valence-electron chi connectivity index (χ2n) is 13.9. The topological polar surface area (TPSA) is 109 Å². The second kappa shape index (κ2) is 15.7. The standard InChI is InChI=1S/C47H38N4O5S/c1-4-56-46(53)41-42(33-16-10-6-11-17-33)48-47-50(44(41)35-22-20-31(21-23-35)30(2)3)45(52)40(57-47)29-36-28-39(32-14-8-5-9-15-32)49(43(36)34-18-12-7-13-19-34)37-24-26-38(27-25-37)51(54)55/h5-30,44H,4H2,1-3H3/b40-29-/t44-/m1/s1. The number of hydrogen-bond donors (Lipinski definition) is 0. The number of rotatable bonds is 10. The Balaban J connectivity index is 1.42. The first-order valence-corrected chi connectivity index (χ1v) is 19.5. The molecular formula is C47H38N4O5S. The van der Waals surface area contributed by atoms with Crippen LogP contribution in [0.2, 0.25) is 0 Å². The lowest BCUT2D eigenvalue weighted by atomic mass is 9.91. The first-order chi connectivity index (χ1) is 27.7. The van der Waals surface area contributed by atoms with Gasteiger partial charge in [0.15, 0.2) is 4.80 Å². The number of nitro groups is 1. The van der Waals surface area contributed by atoms with Crippen molar-refractivity contribution in [2.45, 2.75) is 32.7 Å². The lowest BCUT2D eigenvalue weighted by Crippen LogP contribution is -2.40. The monoisotopic (exact) mass is 770 g/mol. The number of ether oxygens (including phenoxy) is 1. The summed E-state index contributed by atoms with van der Waals surface area (Å²) in [4.78, 5) is 45.7. The van der Waals surface area contributed by atoms with Gasteiger partial charge < -0.3 is 9.30 Å². The highest BCUT2D eigenvalue weighted by Crippen LogP contribution is 2.38. The molecule has 0 fully saturated rings. The molecule has 0 bridgehead atoms. The largest absolute Gasteiger partial charge is 0.463 e. The molecule has 3 heterocycles. The fraction of sp³-hybridized carbons (Fsp3) is 0.128. The zero-order chi connectivity index (χ0) is 39.6. The summed E-state index contributed by atoms with van der Waals surface area (Å²) < 4.78 is 9.79. The molecule has 1 atom stereocenters. The minimum absolute atomic E-state index is 0.0137. The first-order valence-electron chi connectivity index (χ1n) is 18.7. The third-order valence-electron chi connectivity index (χ3n) is 10.0. The quantitative estimate of drug-likeness (QED) is 0.0784. The molecule has 0 saturated heterocycles. The van der Waals surface area contributed by atoms with Crippen molar-refractivity contribution in [3.8, 4) is 28.2 Å². The van der Waals surface area contributed by atoms with Crippen molar-refractivity contribution in [3.63, 3.8) is 0 Å². The van der Waals surface area contributed by atoms with E-state index in [9.17, 15) is 19.7 Å². The average Bonchev–Trinajstić information content (AvgIpc) is 3.78. The highest BCUT2D eigenvalue weighted by atomic mass is 32.1. The van der Waals surface area contributed by atoms with E-state index in [0.717, 1.165) is 50.5 Å². The molecule has 7 aromatic rings. The smallest absolute Gasteiger partial charge is 0.338 e. The number of nitro benzene ring substituents is 1. The predicted molar refractivity (Wildman–Crippen MR) is 225 cm³/mol. The van der Waals surface area contributed by atoms with Gasteiger partial charge in [0, 0.05) is 28.9 Å². The van der Waals surface area contributed by atoms with Crippen LogP contribution in [0.1, 0.15) is 55.0 Å². The van der Waals surface area contributed by atoms with E-state index < -0.39 is 16.9 Å². The number of esters is 1. The lowest BCUT2D eigenvalue weighted by Gasteiger charge is -2.26. The van der Waals surface area contributed by atoms with Crippen LogP contribution in [-0.4, -0.2) is 26.6 Å². The SMILES string of the molecule is CCOC(=O)C1=C(c2ccccc2)N=c2s/c(=C\c3cc(-c4ccccc4)n(-c4ccc([N+](=O)[O-])cc4)c3-c3ccccc3)c(=O)n2[C@@H]1c1ccc(C(C)C)cc1. The number of benzene rings is 5. The molecule has 1 aliphatic heterocycles. The Labute approximate surface area is 333 Å². The molecule has 0 amide bonds. The van der Waals surface area contributed by atoms with E-state index in [4.69, 9.17) is 9.73 Å². The molecule has 1 aliphatic rings. The number of fused-ring (bicyclic) bond motifs is 1. The van der Waals surface area contributed by atoms with Crippen molar-refractivity contribution in [1.82, 2.24) is 9.13 Å². The van der Waals surface area contributed by atoms with Crippen molar-refractivity contribution in [3.05, 3.63) is 203 Å². The van der Waals surface area contributed by atoms with E-state index >= 15 is 0 Å². The number of carbonyl (C=O) groups excluding carboxylic acids is 1. The molecule has 8 rings (SSSR count). The zero-order valence-corrected chi connectivity index (χ0v) is 32.4. The van der Waals surface area contributed by atoms with Crippen LogP contribution in [-0.2, 0) is 9.53 Å². The molecule has 57 heavy (non-hydrogen) atoms. The van der Waals surface area contributed by atoms with Gasteiger partial charge in [-0.15, -0.1) is 0 Å². The molecule has 0 aliphatic carbocycles. The van der Waals surface area contributed by atoms with Gasteiger partial charge in [-0.2, -0.15) is 0 Å². The van der Waals surface area contributed by atoms with Crippen LogP contribution in [0.4, 0.5) is 5.69 Å². The minimum atomic E-state index is -0.808. The van der Waals surface area contributed by atoms with E-state index in [0.29, 0.717) is 26.5 Å². The van der Waals surface area contributed by atoms with Crippen LogP contribution in [0.3, 0.4) is 0 Å². The van der Waals surface area contributed by atoms with E-state index in [2.05, 4.69) is 18.4 Å². The Kier molecular flexibility index (Phi) is 10.2. The van der Waals surface area contributed by atoms with Crippen LogP contribution < -0.4 is 14.9 Å². The fourth-order valence-corrected chi connectivity index (χ4v) is 8.30. The van der Waals surface area contributed by atoms with E-state index in [-0.39, 0.29) is 17.9 Å². The fourth-order valence-electron chi connectivity index (χ4n) is 7.30. The summed E-state index contributed by atoms with van der Waals surface area (Å²) in [5, 5.41) is 11.6. The molecule has 2 aromatic heterocycles. The highest BCUT2D eigenvalue weighted by Gasteiger charge is 2.35. The summed E-state index contributed by atoms with van der Waals surface area (Å²) in [6.45, 7) is 6.17. The zero-order valence-electron chi connectivity index (χ0n) is 31.5. The Morgan fingerprint density at radius 1 is 0.842 bits per heavy atom. The Hall–Kier alpha value is -6.91. The predicted octanol–water partition coefficient (Wildman–Crippen LogP) is 9.09. The highest BCUT2D eigenvalue weighted by molar-refractivity contribution is 7.07. The van der Waals surface area contributed by atoms with Crippen molar-refractivity contribution in [2.75, 3.05) is 6.61 Å². The van der Waals surface area contributed by atoms with Gasteiger partial charge in [0.1, 0.15) is 0 Å². The summed E-state index contributed by atoms with van der Waals surface area (Å²) in [6, 6.07) is 45.0. The summed E-state index contributed by atoms with van der Waals surface area (Å²) >= 11 is 1.26. The van der Waals surface area contributed by atoms with Crippen LogP contribution in [0.15, 0.2) is 161 Å². The number of thiazole rings is 1. The van der Waals surface area contributed by atoms with Gasteiger partial charge in [0.2, 0.25) is 0 Å². The number of hydrogen-bond acceptors (Lipinski definition) is 7. The average molecular weight is 771 g/mol. The molecule has 9 nitrogen and oxygen atoms in total. The molecular weight excluding hydrogens is 733 g/mol. The Bertz CT molecular complexity index is 2820. The summed E-state index contributed by atoms with van der Waals surface area (Å²) in [6.07, 6.45) is 1.88. The molecule has 10 heteroatoms. The maximum absolute atomic E-state index is 15.0. The third-order valence-corrected chi connectivity index (χ3v) is 11.0. The molecule has 0 N–H and O–H groups in total. The van der Waals surface area contributed by atoms with Crippen LogP contribution in [0.5, 0.6) is 0 Å². The third kappa shape index (κ3) is 7.07. The van der Waals surface area contributed by atoms with E-state index in [1.54, 1.807) is 23.6 Å². The van der Waals surface area contributed by atoms with Crippen LogP contribution in [0, 0.1) is 10.1 Å². The molecule has 282 valence electrons. The number of non-ortho nitro benzene ring substituents is 1. The van der Waals surface area contributed by atoms with Crippen molar-refractivity contribution < 1.29 is 14.5 Å². The van der Waals surface area contributed by atoms with Crippen LogP contribution >= 0.6 is 11.3 Å². The van der Waals surface area contributed by atoms with E-state index in [1.807, 2.05) is 127 Å². The Morgan fingerprint density at radius 2 is 1.44 bits per heavy atom. The summed E-state index contributed by atoms with van der Waals surface area (Å²) in [5.74, 6) is -0.245. The maximum Gasteiger partial charge on any atom is 0.338 e. The first kappa shape index (κ1) is 37.0. The second-order valence-corrected chi connectivity index (χ2v) is 14.9. The summed E-state index contributed by atoms with van der Waals surface area (Å²) in [5.41, 5.74) is 7.99. The van der Waals surface area contributed by atoms with Gasteiger partial charge >= 0.3 is 5.97 Å². The van der Waals surface area contributed by atoms with Crippen molar-refractivity contribution in [1.29, 1.82) is 0 Å². The van der Waals surface area contributed by atoms with Crippen molar-refractivity contribution >= 4 is 34.8 Å². The molecule has 0 unspecified atom stereocenters. The molecule has 0 spiro atoms. The van der Waals surface area contributed by atoms with E-state index in [1.165, 1.54) is 23.5 Å². The number of nitrogens with zero attached hydrogens (tertiary/aromatic N) is 4. The molecule has 0 saturated carbocycles. The number of aromatic nitrogens is 2. The normalized spacial score (nSPS) is 14.0. The lowest BCUT2D eigenvalue weighted by molar-refractivity contribution is -0.384. The molecule has 0 radical (unpaired) electrons. The Morgan fingerprint density at radius 3 is 2.02 bits per heavy atom. The maximum atomic E-state index is 15.0. The van der Waals surface area contributed by atoms with Crippen molar-refractivity contribution in [2.24, 2.45) is 4.99 Å². The van der Waals surface area contributed by atoms with Gasteiger partial charge in [0.05, 0.1) is 44.8 Å². The minimum Gasteiger partial charge on any atom is -0.463 e. The summed E-state index contributed by atoms with van der Waals surface area (Å²) in [7, 11) is 0. The molecule has 5 aromatic carbocycles. The van der Waals surface area contributed by atoms with Crippen LogP contribution in [0.25, 0.3) is 40.0 Å². The van der Waals surface area contributed by atoms with Gasteiger partial charge in [-0.25, -0.2) is 9.79 Å². The van der Waals surface area contributed by atoms with Gasteiger partial charge in [0.25, 0.3) is 11.2 Å². The van der Waals surface area contributed by atoms with Gasteiger partial charge in [-0.1, -0.05) is 140 Å².